The van der Waals surface area contributed by atoms with Crippen LogP contribution in [-0.2, 0) is 12.8 Å². The van der Waals surface area contributed by atoms with E-state index in [0.717, 1.165) is 46.4 Å². The predicted octanol–water partition coefficient (Wildman–Crippen LogP) is 4.81. The summed E-state index contributed by atoms with van der Waals surface area (Å²) in [5.41, 5.74) is 13.4. The third kappa shape index (κ3) is 3.24. The lowest BCUT2D eigenvalue weighted by Gasteiger charge is -2.34. The van der Waals surface area contributed by atoms with E-state index < -0.39 is 0 Å². The van der Waals surface area contributed by atoms with Crippen molar-refractivity contribution in [1.29, 1.82) is 5.41 Å². The zero-order valence-electron chi connectivity index (χ0n) is 17.2. The molecule has 1 aliphatic heterocycles. The summed E-state index contributed by atoms with van der Waals surface area (Å²) in [5, 5.41) is 7.70. The Balaban J connectivity index is 2.33. The standard InChI is InChI=1S/C24H29N3O/c1-6-16-7-20-17(8-19(16)18(11-25)12-26)9-22(15(4)5)27-13-21(14(2)3)24(28)10-23(20)27/h7-8,10-13,15,22,25H,2,6,9,26H2,1,3-5H3/b18-12+,25-11?. The van der Waals surface area contributed by atoms with Crippen LogP contribution < -0.4 is 11.2 Å². The second-order valence-electron chi connectivity index (χ2n) is 7.93. The molecule has 3 N–H and O–H groups in total. The predicted molar refractivity (Wildman–Crippen MR) is 119 cm³/mol. The molecule has 1 atom stereocenters. The van der Waals surface area contributed by atoms with Crippen molar-refractivity contribution in [2.45, 2.75) is 46.6 Å². The first-order valence-corrected chi connectivity index (χ1v) is 9.83. The van der Waals surface area contributed by atoms with Gasteiger partial charge in [-0.25, -0.2) is 0 Å². The summed E-state index contributed by atoms with van der Waals surface area (Å²) in [6.45, 7) is 12.4. The van der Waals surface area contributed by atoms with Crippen molar-refractivity contribution in [1.82, 2.24) is 4.57 Å². The van der Waals surface area contributed by atoms with Gasteiger partial charge in [-0.05, 0) is 54.0 Å². The highest BCUT2D eigenvalue weighted by Crippen LogP contribution is 2.40. The lowest BCUT2D eigenvalue weighted by atomic mass is 9.83. The third-order valence-electron chi connectivity index (χ3n) is 5.73. The summed E-state index contributed by atoms with van der Waals surface area (Å²) in [6, 6.07) is 6.34. The summed E-state index contributed by atoms with van der Waals surface area (Å²) in [4.78, 5) is 12.7. The fourth-order valence-corrected chi connectivity index (χ4v) is 4.11. The second-order valence-corrected chi connectivity index (χ2v) is 7.93. The molecule has 1 aromatic heterocycles. The molecular weight excluding hydrogens is 346 g/mol. The minimum absolute atomic E-state index is 0.0123. The van der Waals surface area contributed by atoms with Crippen molar-refractivity contribution in [2.75, 3.05) is 0 Å². The van der Waals surface area contributed by atoms with Crippen LogP contribution in [0.3, 0.4) is 0 Å². The van der Waals surface area contributed by atoms with E-state index in [-0.39, 0.29) is 11.5 Å². The molecule has 0 saturated carbocycles. The van der Waals surface area contributed by atoms with E-state index in [1.165, 1.54) is 18.0 Å². The summed E-state index contributed by atoms with van der Waals surface area (Å²) < 4.78 is 2.26. The molecule has 2 heterocycles. The van der Waals surface area contributed by atoms with E-state index in [2.05, 4.69) is 44.0 Å². The van der Waals surface area contributed by atoms with Crippen LogP contribution in [0.25, 0.3) is 22.4 Å². The largest absolute Gasteiger partial charge is 0.404 e. The molecule has 3 rings (SSSR count). The van der Waals surface area contributed by atoms with Crippen LogP contribution in [0.4, 0.5) is 0 Å². The minimum Gasteiger partial charge on any atom is -0.404 e. The van der Waals surface area contributed by atoms with Gasteiger partial charge < -0.3 is 15.7 Å². The zero-order valence-corrected chi connectivity index (χ0v) is 17.2. The van der Waals surface area contributed by atoms with Crippen LogP contribution in [0.2, 0.25) is 0 Å². The van der Waals surface area contributed by atoms with Gasteiger partial charge in [0.2, 0.25) is 0 Å². The number of pyridine rings is 1. The monoisotopic (exact) mass is 375 g/mol. The van der Waals surface area contributed by atoms with Crippen LogP contribution in [0, 0.1) is 11.3 Å². The molecule has 2 aromatic rings. The molecule has 0 amide bonds. The Hall–Kier alpha value is -2.88. The number of benzene rings is 1. The molecule has 146 valence electrons. The van der Waals surface area contributed by atoms with Gasteiger partial charge in [-0.1, -0.05) is 33.4 Å². The Labute approximate surface area is 166 Å². The molecular formula is C24H29N3O. The van der Waals surface area contributed by atoms with Gasteiger partial charge in [0, 0.05) is 47.4 Å². The lowest BCUT2D eigenvalue weighted by Crippen LogP contribution is -2.27. The molecule has 0 aliphatic carbocycles. The normalized spacial score (nSPS) is 15.9. The van der Waals surface area contributed by atoms with Crippen molar-refractivity contribution in [3.05, 3.63) is 69.7 Å². The Morgan fingerprint density at radius 1 is 1.36 bits per heavy atom. The van der Waals surface area contributed by atoms with Crippen LogP contribution in [0.5, 0.6) is 0 Å². The van der Waals surface area contributed by atoms with Crippen LogP contribution in [-0.4, -0.2) is 10.8 Å². The maximum atomic E-state index is 12.7. The Morgan fingerprint density at radius 2 is 2.07 bits per heavy atom. The van der Waals surface area contributed by atoms with Crippen molar-refractivity contribution in [3.8, 4) is 11.3 Å². The average molecular weight is 376 g/mol. The number of nitrogens with one attached hydrogen (secondary N) is 1. The average Bonchev–Trinajstić information content (AvgIpc) is 2.66. The fourth-order valence-electron chi connectivity index (χ4n) is 4.11. The van der Waals surface area contributed by atoms with Crippen LogP contribution in [0.15, 0.2) is 42.0 Å². The highest BCUT2D eigenvalue weighted by atomic mass is 16.1. The summed E-state index contributed by atoms with van der Waals surface area (Å²) in [6.07, 6.45) is 6.49. The minimum atomic E-state index is 0.0123. The summed E-state index contributed by atoms with van der Waals surface area (Å²) in [5.74, 6) is 0.411. The van der Waals surface area contributed by atoms with Crippen molar-refractivity contribution in [3.63, 3.8) is 0 Å². The third-order valence-corrected chi connectivity index (χ3v) is 5.73. The molecule has 1 aromatic carbocycles. The highest BCUT2D eigenvalue weighted by Gasteiger charge is 2.28. The number of rotatable bonds is 5. The molecule has 1 aliphatic rings. The molecule has 4 heteroatoms. The van der Waals surface area contributed by atoms with Gasteiger partial charge in [-0.15, -0.1) is 0 Å². The van der Waals surface area contributed by atoms with Crippen molar-refractivity contribution < 1.29 is 0 Å². The smallest absolute Gasteiger partial charge is 0.189 e. The van der Waals surface area contributed by atoms with Crippen LogP contribution >= 0.6 is 0 Å². The van der Waals surface area contributed by atoms with Gasteiger partial charge in [0.05, 0.1) is 5.69 Å². The number of allylic oxidation sites excluding steroid dienone is 2. The van der Waals surface area contributed by atoms with Crippen molar-refractivity contribution >= 4 is 17.4 Å². The van der Waals surface area contributed by atoms with E-state index in [1.807, 2.05) is 13.1 Å². The molecule has 4 nitrogen and oxygen atoms in total. The van der Waals surface area contributed by atoms with Gasteiger partial charge in [0.25, 0.3) is 0 Å². The van der Waals surface area contributed by atoms with E-state index in [9.17, 15) is 4.79 Å². The molecule has 0 saturated heterocycles. The molecule has 0 radical (unpaired) electrons. The first-order chi connectivity index (χ1) is 13.3. The Bertz CT molecular complexity index is 1040. The zero-order chi connectivity index (χ0) is 20.6. The van der Waals surface area contributed by atoms with E-state index in [4.69, 9.17) is 11.1 Å². The van der Waals surface area contributed by atoms with Gasteiger partial charge >= 0.3 is 0 Å². The van der Waals surface area contributed by atoms with Crippen LogP contribution in [0.1, 0.15) is 56.0 Å². The summed E-state index contributed by atoms with van der Waals surface area (Å²) >= 11 is 0. The molecule has 0 spiro atoms. The highest BCUT2D eigenvalue weighted by molar-refractivity contribution is 6.09. The number of hydrogen-bond donors (Lipinski definition) is 2. The number of hydrogen-bond acceptors (Lipinski definition) is 3. The maximum Gasteiger partial charge on any atom is 0.189 e. The molecule has 0 fully saturated rings. The maximum absolute atomic E-state index is 12.7. The first kappa shape index (κ1) is 19.9. The quantitative estimate of drug-likeness (QED) is 0.736. The van der Waals surface area contributed by atoms with Crippen molar-refractivity contribution in [2.24, 2.45) is 11.7 Å². The number of aryl methyl sites for hydroxylation is 1. The SMILES string of the molecule is C=C(C)c1cn2c(cc1=O)-c1cc(CC)c(/C(C=N)=C/N)cc1CC2C(C)C. The van der Waals surface area contributed by atoms with Gasteiger partial charge in [0.1, 0.15) is 0 Å². The Morgan fingerprint density at radius 3 is 2.61 bits per heavy atom. The van der Waals surface area contributed by atoms with Gasteiger partial charge in [0.15, 0.2) is 5.43 Å². The molecule has 28 heavy (non-hydrogen) atoms. The molecule has 1 unspecified atom stereocenters. The fraction of sp³-hybridized carbons (Fsp3) is 0.333. The number of nitrogens with two attached hydrogens (primary N) is 1. The summed E-state index contributed by atoms with van der Waals surface area (Å²) in [7, 11) is 0. The lowest BCUT2D eigenvalue weighted by molar-refractivity contribution is 0.368. The van der Waals surface area contributed by atoms with Gasteiger partial charge in [-0.2, -0.15) is 0 Å². The second kappa shape index (κ2) is 7.63. The number of aromatic nitrogens is 1. The first-order valence-electron chi connectivity index (χ1n) is 9.83. The number of nitrogens with zero attached hydrogens (tertiary/aromatic N) is 1. The molecule has 0 bridgehead atoms. The van der Waals surface area contributed by atoms with E-state index in [1.54, 1.807) is 6.07 Å². The van der Waals surface area contributed by atoms with E-state index in [0.29, 0.717) is 11.5 Å². The number of fused-ring (bicyclic) bond motifs is 3. The topological polar surface area (TPSA) is 71.9 Å². The van der Waals surface area contributed by atoms with Gasteiger partial charge in [-0.3, -0.25) is 4.79 Å². The Kier molecular flexibility index (Phi) is 5.41. The van der Waals surface area contributed by atoms with E-state index >= 15 is 0 Å².